The van der Waals surface area contributed by atoms with Crippen molar-refractivity contribution in [3.8, 4) is 0 Å². The lowest BCUT2D eigenvalue weighted by molar-refractivity contribution is 0.218. The Balaban J connectivity index is 2.03. The largest absolute Gasteiger partial charge is 0.327 e. The van der Waals surface area contributed by atoms with Crippen LogP contribution in [0.4, 0.5) is 0 Å². The van der Waals surface area contributed by atoms with Crippen molar-refractivity contribution in [3.63, 3.8) is 0 Å². The fraction of sp³-hybridized carbons (Fsp3) is 0.812. The maximum absolute atomic E-state index is 6.35. The molecule has 3 heteroatoms. The van der Waals surface area contributed by atoms with E-state index in [1.54, 1.807) is 0 Å². The maximum atomic E-state index is 6.35. The van der Waals surface area contributed by atoms with Crippen LogP contribution < -0.4 is 5.73 Å². The molecule has 3 atom stereocenters. The summed E-state index contributed by atoms with van der Waals surface area (Å²) in [6.45, 7) is 7.50. The van der Waals surface area contributed by atoms with Crippen molar-refractivity contribution in [1.29, 1.82) is 0 Å². The Morgan fingerprint density at radius 1 is 1.37 bits per heavy atom. The molecule has 1 aromatic rings. The highest BCUT2D eigenvalue weighted by Gasteiger charge is 2.28. The third kappa shape index (κ3) is 3.59. The van der Waals surface area contributed by atoms with E-state index in [1.165, 1.54) is 37.8 Å². The zero-order chi connectivity index (χ0) is 13.8. The van der Waals surface area contributed by atoms with Gasteiger partial charge in [0, 0.05) is 18.3 Å². The molecule has 3 nitrogen and oxygen atoms in total. The molecule has 0 amide bonds. The van der Waals surface area contributed by atoms with Crippen LogP contribution in [-0.2, 0) is 13.0 Å². The molecule has 3 unspecified atom stereocenters. The first kappa shape index (κ1) is 14.6. The highest BCUT2D eigenvalue weighted by molar-refractivity contribution is 5.10. The quantitative estimate of drug-likeness (QED) is 0.886. The molecule has 1 saturated carbocycles. The standard InChI is InChI=1S/C16H29N3/c1-4-6-13-7-8-16(17)14(10-13)11-15-9-12(3)18-19(15)5-2/h9,13-14,16H,4-8,10-11,17H2,1-3H3. The lowest BCUT2D eigenvalue weighted by Gasteiger charge is -2.34. The van der Waals surface area contributed by atoms with Crippen molar-refractivity contribution < 1.29 is 0 Å². The molecule has 19 heavy (non-hydrogen) atoms. The summed E-state index contributed by atoms with van der Waals surface area (Å²) in [5.74, 6) is 1.54. The van der Waals surface area contributed by atoms with E-state index in [4.69, 9.17) is 5.73 Å². The molecule has 108 valence electrons. The SMILES string of the molecule is CCCC1CCC(N)C(Cc2cc(C)nn2CC)C1. The minimum atomic E-state index is 0.383. The predicted octanol–water partition coefficient (Wildman–Crippen LogP) is 3.30. The summed E-state index contributed by atoms with van der Waals surface area (Å²) in [7, 11) is 0. The predicted molar refractivity (Wildman–Crippen MR) is 80.1 cm³/mol. The molecule has 0 aliphatic heterocycles. The minimum Gasteiger partial charge on any atom is -0.327 e. The normalized spacial score (nSPS) is 27.7. The second-order valence-corrected chi connectivity index (χ2v) is 6.19. The van der Waals surface area contributed by atoms with Crippen molar-refractivity contribution in [2.24, 2.45) is 17.6 Å². The molecular formula is C16H29N3. The summed E-state index contributed by atoms with van der Waals surface area (Å²) in [5.41, 5.74) is 8.86. The second kappa shape index (κ2) is 6.56. The van der Waals surface area contributed by atoms with Gasteiger partial charge in [-0.2, -0.15) is 5.10 Å². The van der Waals surface area contributed by atoms with Gasteiger partial charge in [-0.3, -0.25) is 4.68 Å². The van der Waals surface area contributed by atoms with Crippen LogP contribution >= 0.6 is 0 Å². The van der Waals surface area contributed by atoms with Crippen LogP contribution in [0.3, 0.4) is 0 Å². The third-order valence-electron chi connectivity index (χ3n) is 4.60. The Bertz CT molecular complexity index is 397. The van der Waals surface area contributed by atoms with E-state index in [0.29, 0.717) is 12.0 Å². The molecule has 0 radical (unpaired) electrons. The van der Waals surface area contributed by atoms with Gasteiger partial charge in [0.1, 0.15) is 0 Å². The van der Waals surface area contributed by atoms with Crippen LogP contribution in [0.25, 0.3) is 0 Å². The number of nitrogens with zero attached hydrogens (tertiary/aromatic N) is 2. The topological polar surface area (TPSA) is 43.8 Å². The van der Waals surface area contributed by atoms with E-state index in [9.17, 15) is 0 Å². The smallest absolute Gasteiger partial charge is 0.0596 e. The van der Waals surface area contributed by atoms with Crippen LogP contribution in [0.5, 0.6) is 0 Å². The average molecular weight is 263 g/mol. The van der Waals surface area contributed by atoms with Gasteiger partial charge < -0.3 is 5.73 Å². The van der Waals surface area contributed by atoms with Crippen LogP contribution in [0, 0.1) is 18.8 Å². The first-order chi connectivity index (χ1) is 9.13. The van der Waals surface area contributed by atoms with Crippen LogP contribution in [0.15, 0.2) is 6.07 Å². The second-order valence-electron chi connectivity index (χ2n) is 6.19. The summed E-state index contributed by atoms with van der Waals surface area (Å²) in [5, 5.41) is 4.55. The molecule has 1 aromatic heterocycles. The van der Waals surface area contributed by atoms with Gasteiger partial charge in [0.25, 0.3) is 0 Å². The Hall–Kier alpha value is -0.830. The summed E-state index contributed by atoms with van der Waals surface area (Å²) >= 11 is 0. The van der Waals surface area contributed by atoms with Crippen molar-refractivity contribution >= 4 is 0 Å². The lowest BCUT2D eigenvalue weighted by Crippen LogP contribution is -2.37. The van der Waals surface area contributed by atoms with Crippen molar-refractivity contribution in [1.82, 2.24) is 9.78 Å². The van der Waals surface area contributed by atoms with Gasteiger partial charge in [-0.05, 0) is 57.4 Å². The van der Waals surface area contributed by atoms with Gasteiger partial charge in [0.2, 0.25) is 0 Å². The molecule has 1 fully saturated rings. The van der Waals surface area contributed by atoms with Crippen molar-refractivity contribution in [2.45, 2.75) is 71.9 Å². The Kier molecular flexibility index (Phi) is 5.03. The molecular weight excluding hydrogens is 234 g/mol. The van der Waals surface area contributed by atoms with Gasteiger partial charge in [-0.15, -0.1) is 0 Å². The number of rotatable bonds is 5. The molecule has 1 heterocycles. The zero-order valence-corrected chi connectivity index (χ0v) is 12.7. The highest BCUT2D eigenvalue weighted by atomic mass is 15.3. The molecule has 1 aliphatic rings. The van der Waals surface area contributed by atoms with E-state index in [-0.39, 0.29) is 0 Å². The maximum Gasteiger partial charge on any atom is 0.0596 e. The third-order valence-corrected chi connectivity index (χ3v) is 4.60. The number of hydrogen-bond donors (Lipinski definition) is 1. The molecule has 1 aliphatic carbocycles. The van der Waals surface area contributed by atoms with E-state index < -0.39 is 0 Å². The van der Waals surface area contributed by atoms with Gasteiger partial charge in [-0.25, -0.2) is 0 Å². The molecule has 0 saturated heterocycles. The van der Waals surface area contributed by atoms with Crippen molar-refractivity contribution in [2.75, 3.05) is 0 Å². The lowest BCUT2D eigenvalue weighted by atomic mass is 9.75. The molecule has 2 N–H and O–H groups in total. The molecule has 2 rings (SSSR count). The number of hydrogen-bond acceptors (Lipinski definition) is 2. The number of aromatic nitrogens is 2. The van der Waals surface area contributed by atoms with Crippen molar-refractivity contribution in [3.05, 3.63) is 17.5 Å². The van der Waals surface area contributed by atoms with Gasteiger partial charge in [-0.1, -0.05) is 19.8 Å². The summed E-state index contributed by atoms with van der Waals surface area (Å²) < 4.78 is 2.14. The monoisotopic (exact) mass is 263 g/mol. The molecule has 0 bridgehead atoms. The fourth-order valence-electron chi connectivity index (χ4n) is 3.60. The van der Waals surface area contributed by atoms with Crippen LogP contribution in [-0.4, -0.2) is 15.8 Å². The Morgan fingerprint density at radius 3 is 2.84 bits per heavy atom. The number of aryl methyl sites for hydroxylation is 2. The Labute approximate surface area is 117 Å². The van der Waals surface area contributed by atoms with Gasteiger partial charge in [0.05, 0.1) is 5.69 Å². The summed E-state index contributed by atoms with van der Waals surface area (Å²) in [6.07, 6.45) is 7.62. The summed E-state index contributed by atoms with van der Waals surface area (Å²) in [6, 6.07) is 2.62. The minimum absolute atomic E-state index is 0.383. The van der Waals surface area contributed by atoms with E-state index in [2.05, 4.69) is 36.6 Å². The first-order valence-corrected chi connectivity index (χ1v) is 7.92. The van der Waals surface area contributed by atoms with Gasteiger partial charge in [0.15, 0.2) is 0 Å². The Morgan fingerprint density at radius 2 is 2.16 bits per heavy atom. The average Bonchev–Trinajstić information content (AvgIpc) is 2.74. The van der Waals surface area contributed by atoms with Gasteiger partial charge >= 0.3 is 0 Å². The summed E-state index contributed by atoms with van der Waals surface area (Å²) in [4.78, 5) is 0. The number of nitrogens with two attached hydrogens (primary N) is 1. The van der Waals surface area contributed by atoms with Crippen LogP contribution in [0.2, 0.25) is 0 Å². The van der Waals surface area contributed by atoms with E-state index >= 15 is 0 Å². The highest BCUT2D eigenvalue weighted by Crippen LogP contribution is 2.33. The molecule has 0 aromatic carbocycles. The van der Waals surface area contributed by atoms with E-state index in [0.717, 1.165) is 24.6 Å². The van der Waals surface area contributed by atoms with E-state index in [1.807, 2.05) is 0 Å². The fourth-order valence-corrected chi connectivity index (χ4v) is 3.60. The first-order valence-electron chi connectivity index (χ1n) is 7.92. The van der Waals surface area contributed by atoms with Crippen LogP contribution in [0.1, 0.15) is 57.3 Å². The molecule has 0 spiro atoms. The zero-order valence-electron chi connectivity index (χ0n) is 12.7.